The van der Waals surface area contributed by atoms with E-state index < -0.39 is 91.5 Å². The summed E-state index contributed by atoms with van der Waals surface area (Å²) in [6.07, 6.45) is 85.1. The highest BCUT2D eigenvalue weighted by atomic mass is 31.2. The highest BCUT2D eigenvalue weighted by molar-refractivity contribution is 7.47. The molecule has 556 valence electrons. The average molecular weight is 1400 g/mol. The van der Waals surface area contributed by atoms with Gasteiger partial charge in [-0.05, 0) is 116 Å². The summed E-state index contributed by atoms with van der Waals surface area (Å²) >= 11 is 0. The Labute approximate surface area is 588 Å². The van der Waals surface area contributed by atoms with Gasteiger partial charge in [-0.3, -0.25) is 32.5 Å². The van der Waals surface area contributed by atoms with Crippen molar-refractivity contribution < 1.29 is 75.8 Å². The number of hydrogen-bond donors (Lipinski definition) is 4. The molecule has 0 aromatic rings. The first-order valence-corrected chi connectivity index (χ1v) is 40.5. The number of carbonyl (C=O) groups is 3. The number of carbonyl (C=O) groups excluding carboxylic acids is 3. The first kappa shape index (κ1) is 92.7. The van der Waals surface area contributed by atoms with Gasteiger partial charge in [0.05, 0.1) is 26.4 Å². The normalized spacial score (nSPS) is 14.8. The van der Waals surface area contributed by atoms with Gasteiger partial charge in [-0.2, -0.15) is 0 Å². The molecule has 0 fully saturated rings. The van der Waals surface area contributed by atoms with Gasteiger partial charge in [0.1, 0.15) is 25.4 Å². The van der Waals surface area contributed by atoms with Crippen LogP contribution in [0.3, 0.4) is 0 Å². The second-order valence-corrected chi connectivity index (χ2v) is 27.6. The summed E-state index contributed by atoms with van der Waals surface area (Å²) in [5, 5.41) is 20.6. The molecule has 0 spiro atoms. The van der Waals surface area contributed by atoms with Gasteiger partial charge in [0.15, 0.2) is 6.10 Å². The lowest BCUT2D eigenvalue weighted by Crippen LogP contribution is -2.30. The third kappa shape index (κ3) is 72.8. The van der Waals surface area contributed by atoms with Gasteiger partial charge in [0.2, 0.25) is 0 Å². The second-order valence-electron chi connectivity index (χ2n) is 24.7. The van der Waals surface area contributed by atoms with Crippen LogP contribution in [-0.4, -0.2) is 95.9 Å². The van der Waals surface area contributed by atoms with Gasteiger partial charge in [0, 0.05) is 19.3 Å². The summed E-state index contributed by atoms with van der Waals surface area (Å²) in [4.78, 5) is 58.5. The van der Waals surface area contributed by atoms with Gasteiger partial charge in [-0.15, -0.1) is 0 Å². The molecule has 97 heavy (non-hydrogen) atoms. The fraction of sp³-hybridized carbons (Fsp3) is 0.684. The fourth-order valence-corrected chi connectivity index (χ4v) is 11.3. The van der Waals surface area contributed by atoms with Gasteiger partial charge in [-0.25, -0.2) is 9.13 Å². The molecular weight excluding hydrogens is 1270 g/mol. The Bertz CT molecular complexity index is 2300. The van der Waals surface area contributed by atoms with Crippen molar-refractivity contribution in [2.45, 2.75) is 309 Å². The van der Waals surface area contributed by atoms with Crippen molar-refractivity contribution in [1.29, 1.82) is 0 Å². The molecule has 4 N–H and O–H groups in total. The van der Waals surface area contributed by atoms with Crippen LogP contribution >= 0.6 is 15.6 Å². The number of phosphoric ester groups is 2. The van der Waals surface area contributed by atoms with E-state index in [9.17, 15) is 43.5 Å². The third-order valence-corrected chi connectivity index (χ3v) is 17.3. The van der Waals surface area contributed by atoms with E-state index in [1.807, 2.05) is 0 Å². The molecule has 0 aromatic heterocycles. The van der Waals surface area contributed by atoms with E-state index >= 15 is 0 Å². The van der Waals surface area contributed by atoms with Crippen molar-refractivity contribution in [2.75, 3.05) is 39.6 Å². The smallest absolute Gasteiger partial charge is 0.463 e. The predicted octanol–water partition coefficient (Wildman–Crippen LogP) is 21.5. The Morgan fingerprint density at radius 2 is 0.546 bits per heavy atom. The SMILES string of the molecule is CC/C=C\C/C=C\C/C=C\C/C=C\C/C=C\C/C=C\CCCCCCC(=O)OCC(COP(=O)(O)OCC(O)COP(=O)(O)OCC(O)COC(=O)CCCCCCCCCCCCC/C=C\C/C=C\C/C=C\C/C=C\C/C=C\CC)OC(=O)CCCCCCCCCCCCC. The molecule has 0 saturated heterocycles. The molecule has 0 amide bonds. The molecule has 0 bridgehead atoms. The monoisotopic (exact) mass is 1400 g/mol. The van der Waals surface area contributed by atoms with Gasteiger partial charge in [0.25, 0.3) is 0 Å². The zero-order valence-electron chi connectivity index (χ0n) is 60.5. The topological polar surface area (TPSA) is 231 Å². The minimum absolute atomic E-state index is 0.0980. The maximum absolute atomic E-state index is 12.9. The van der Waals surface area contributed by atoms with Crippen LogP contribution in [0.25, 0.3) is 0 Å². The summed E-state index contributed by atoms with van der Waals surface area (Å²) in [6.45, 7) is 2.41. The molecule has 5 atom stereocenters. The third-order valence-electron chi connectivity index (χ3n) is 15.4. The fourth-order valence-electron chi connectivity index (χ4n) is 9.72. The highest BCUT2D eigenvalue weighted by Gasteiger charge is 2.29. The number of ether oxygens (including phenoxy) is 3. The van der Waals surface area contributed by atoms with Crippen molar-refractivity contribution in [1.82, 2.24) is 0 Å². The number of phosphoric acid groups is 2. The Kier molecular flexibility index (Phi) is 68.3. The zero-order chi connectivity index (χ0) is 70.9. The number of allylic oxidation sites excluding steroid dienone is 22. The number of aliphatic hydroxyl groups excluding tert-OH is 2. The zero-order valence-corrected chi connectivity index (χ0v) is 62.2. The minimum atomic E-state index is -4.93. The average Bonchev–Trinajstić information content (AvgIpc) is 1.47. The van der Waals surface area contributed by atoms with Crippen LogP contribution in [-0.2, 0) is 55.8 Å². The van der Waals surface area contributed by atoms with Crippen LogP contribution in [0.4, 0.5) is 0 Å². The molecule has 0 radical (unpaired) electrons. The molecule has 0 rings (SSSR count). The van der Waals surface area contributed by atoms with E-state index in [-0.39, 0.29) is 19.3 Å². The van der Waals surface area contributed by atoms with Crippen molar-refractivity contribution in [3.63, 3.8) is 0 Å². The lowest BCUT2D eigenvalue weighted by molar-refractivity contribution is -0.161. The maximum atomic E-state index is 12.9. The first-order valence-electron chi connectivity index (χ1n) is 37.5. The number of aliphatic hydroxyl groups is 2. The Balaban J connectivity index is 4.52. The molecule has 0 aliphatic rings. The second kappa shape index (κ2) is 71.5. The quantitative estimate of drug-likeness (QED) is 0.0146. The van der Waals surface area contributed by atoms with Crippen molar-refractivity contribution in [2.24, 2.45) is 0 Å². The van der Waals surface area contributed by atoms with Crippen LogP contribution in [0.15, 0.2) is 134 Å². The maximum Gasteiger partial charge on any atom is 0.472 e. The molecule has 0 aromatic carbocycles. The van der Waals surface area contributed by atoms with Crippen LogP contribution in [0, 0.1) is 0 Å². The summed E-state index contributed by atoms with van der Waals surface area (Å²) in [7, 11) is -9.79. The highest BCUT2D eigenvalue weighted by Crippen LogP contribution is 2.45. The van der Waals surface area contributed by atoms with Crippen molar-refractivity contribution in [3.05, 3.63) is 134 Å². The summed E-state index contributed by atoms with van der Waals surface area (Å²) < 4.78 is 61.0. The Morgan fingerprint density at radius 1 is 0.299 bits per heavy atom. The van der Waals surface area contributed by atoms with Gasteiger partial charge >= 0.3 is 33.6 Å². The Hall–Kier alpha value is -4.31. The summed E-state index contributed by atoms with van der Waals surface area (Å²) in [6, 6.07) is 0. The van der Waals surface area contributed by atoms with Crippen LogP contribution in [0.5, 0.6) is 0 Å². The molecule has 16 nitrogen and oxygen atoms in total. The van der Waals surface area contributed by atoms with E-state index in [4.69, 9.17) is 32.3 Å². The molecule has 0 aliphatic carbocycles. The number of esters is 3. The first-order chi connectivity index (χ1) is 47.2. The largest absolute Gasteiger partial charge is 0.472 e. The van der Waals surface area contributed by atoms with E-state index in [0.29, 0.717) is 19.3 Å². The number of hydrogen-bond acceptors (Lipinski definition) is 14. The minimum Gasteiger partial charge on any atom is -0.463 e. The standard InChI is InChI=1S/C79H134O16P2/c1-4-7-10-13-16-19-22-24-26-28-30-32-34-35-36-37-39-41-42-44-46-48-51-53-56-59-62-65-77(82)89-68-74(80)69-91-96(85,86)92-70-75(81)71-93-97(87,88)94-73-76(95-79(84)67-64-61-58-55-50-21-18-15-12-9-6-3)72-90-78(83)66-63-60-57-54-52-49-47-45-43-40-38-33-31-29-27-25-23-20-17-14-11-8-5-2/h7-8,10-11,16-17,19-20,24-27,30-33,35-36,40,43,47,49,74-76,80-81H,4-6,9,12-15,18,21-23,28-29,34,37-39,41-42,44-46,48,50-73H2,1-3H3,(H,85,86)(H,87,88)/b10-7-,11-8-,19-16-,20-17-,26-24-,27-25-,32-30-,33-31-,36-35-,43-40-,49-47-. The van der Waals surface area contributed by atoms with Gasteiger partial charge in [-0.1, -0.05) is 289 Å². The lowest BCUT2D eigenvalue weighted by atomic mass is 10.0. The van der Waals surface area contributed by atoms with E-state index in [2.05, 4.69) is 154 Å². The molecular formula is C79H134O16P2. The molecule has 0 aliphatic heterocycles. The van der Waals surface area contributed by atoms with Crippen molar-refractivity contribution >= 4 is 33.6 Å². The molecule has 0 saturated carbocycles. The Morgan fingerprint density at radius 3 is 0.866 bits per heavy atom. The molecule has 5 unspecified atom stereocenters. The van der Waals surface area contributed by atoms with Crippen LogP contribution in [0.2, 0.25) is 0 Å². The van der Waals surface area contributed by atoms with Gasteiger partial charge < -0.3 is 34.2 Å². The number of unbranched alkanes of at least 4 members (excludes halogenated alkanes) is 25. The lowest BCUT2D eigenvalue weighted by Gasteiger charge is -2.21. The molecule has 0 heterocycles. The predicted molar refractivity (Wildman–Crippen MR) is 399 cm³/mol. The summed E-state index contributed by atoms with van der Waals surface area (Å²) in [5.74, 6) is -1.61. The van der Waals surface area contributed by atoms with Crippen LogP contribution < -0.4 is 0 Å². The van der Waals surface area contributed by atoms with E-state index in [1.54, 1.807) is 0 Å². The van der Waals surface area contributed by atoms with E-state index in [1.165, 1.54) is 83.5 Å². The van der Waals surface area contributed by atoms with Crippen molar-refractivity contribution in [3.8, 4) is 0 Å². The molecule has 18 heteroatoms. The van der Waals surface area contributed by atoms with Crippen LogP contribution in [0.1, 0.15) is 290 Å². The number of rotatable bonds is 70. The van der Waals surface area contributed by atoms with E-state index in [0.717, 1.165) is 148 Å². The summed E-state index contributed by atoms with van der Waals surface area (Å²) in [5.41, 5.74) is 0.